The summed E-state index contributed by atoms with van der Waals surface area (Å²) in [6, 6.07) is 0. The molecule has 0 aromatic rings. The Bertz CT molecular complexity index is 189. The van der Waals surface area contributed by atoms with Gasteiger partial charge < -0.3 is 4.74 Å². The molecule has 1 aliphatic rings. The number of rotatable bonds is 0. The average Bonchev–Trinajstić information content (AvgIpc) is 2.21. The van der Waals surface area contributed by atoms with Gasteiger partial charge in [0, 0.05) is 12.8 Å². The third-order valence-corrected chi connectivity index (χ3v) is 2.74. The van der Waals surface area contributed by atoms with Gasteiger partial charge in [-0.15, -0.1) is 0 Å². The van der Waals surface area contributed by atoms with E-state index in [0.717, 1.165) is 25.7 Å². The highest BCUT2D eigenvalue weighted by Gasteiger charge is 2.10. The van der Waals surface area contributed by atoms with Crippen molar-refractivity contribution in [3.8, 4) is 0 Å². The van der Waals surface area contributed by atoms with Crippen LogP contribution in [0.2, 0.25) is 0 Å². The van der Waals surface area contributed by atoms with Crippen molar-refractivity contribution in [3.05, 3.63) is 0 Å². The standard InChI is InChI=1S/C12H20O3/c13-11-9-7-5-3-1-2-4-6-8-10-12(14)15-11/h1-10H2. The zero-order valence-corrected chi connectivity index (χ0v) is 9.30. The van der Waals surface area contributed by atoms with Crippen LogP contribution in [0.1, 0.15) is 64.2 Å². The van der Waals surface area contributed by atoms with Gasteiger partial charge in [-0.2, -0.15) is 0 Å². The molecule has 0 aromatic heterocycles. The lowest BCUT2D eigenvalue weighted by Gasteiger charge is -2.01. The summed E-state index contributed by atoms with van der Waals surface area (Å²) in [4.78, 5) is 22.3. The van der Waals surface area contributed by atoms with Gasteiger partial charge in [0.25, 0.3) is 0 Å². The maximum absolute atomic E-state index is 11.2. The van der Waals surface area contributed by atoms with E-state index in [1.807, 2.05) is 0 Å². The summed E-state index contributed by atoms with van der Waals surface area (Å²) in [6.07, 6.45) is 9.54. The largest absolute Gasteiger partial charge is 0.393 e. The zero-order valence-electron chi connectivity index (χ0n) is 9.30. The monoisotopic (exact) mass is 212 g/mol. The topological polar surface area (TPSA) is 43.4 Å². The van der Waals surface area contributed by atoms with Crippen molar-refractivity contribution < 1.29 is 14.3 Å². The van der Waals surface area contributed by atoms with Crippen LogP contribution in [0.15, 0.2) is 0 Å². The van der Waals surface area contributed by atoms with Crippen molar-refractivity contribution >= 4 is 11.9 Å². The van der Waals surface area contributed by atoms with Crippen LogP contribution in [-0.4, -0.2) is 11.9 Å². The molecule has 3 nitrogen and oxygen atoms in total. The second kappa shape index (κ2) is 7.43. The molecule has 1 heterocycles. The van der Waals surface area contributed by atoms with Gasteiger partial charge in [0.2, 0.25) is 0 Å². The van der Waals surface area contributed by atoms with E-state index in [-0.39, 0.29) is 11.9 Å². The maximum Gasteiger partial charge on any atom is 0.313 e. The molecule has 86 valence electrons. The second-order valence-corrected chi connectivity index (χ2v) is 4.17. The van der Waals surface area contributed by atoms with E-state index in [2.05, 4.69) is 4.74 Å². The van der Waals surface area contributed by atoms with Crippen LogP contribution in [0, 0.1) is 0 Å². The molecule has 0 aromatic carbocycles. The molecule has 0 unspecified atom stereocenters. The lowest BCUT2D eigenvalue weighted by atomic mass is 10.1. The van der Waals surface area contributed by atoms with Crippen molar-refractivity contribution in [2.45, 2.75) is 64.2 Å². The highest BCUT2D eigenvalue weighted by Crippen LogP contribution is 2.12. The van der Waals surface area contributed by atoms with Crippen LogP contribution in [0.4, 0.5) is 0 Å². The summed E-state index contributed by atoms with van der Waals surface area (Å²) in [5.74, 6) is -0.696. The van der Waals surface area contributed by atoms with E-state index in [1.165, 1.54) is 25.7 Å². The van der Waals surface area contributed by atoms with Gasteiger partial charge in [-0.25, -0.2) is 0 Å². The van der Waals surface area contributed by atoms with Gasteiger partial charge >= 0.3 is 11.9 Å². The Morgan fingerprint density at radius 2 is 0.933 bits per heavy atom. The lowest BCUT2D eigenvalue weighted by Crippen LogP contribution is -2.11. The summed E-state index contributed by atoms with van der Waals surface area (Å²) >= 11 is 0. The highest BCUT2D eigenvalue weighted by atomic mass is 16.6. The first kappa shape index (κ1) is 12.2. The van der Waals surface area contributed by atoms with Gasteiger partial charge in [-0.1, -0.05) is 38.5 Å². The quantitative estimate of drug-likeness (QED) is 0.458. The number of carbonyl (C=O) groups is 2. The zero-order chi connectivity index (χ0) is 10.9. The average molecular weight is 212 g/mol. The minimum absolute atomic E-state index is 0.348. The first-order valence-corrected chi connectivity index (χ1v) is 6.02. The summed E-state index contributed by atoms with van der Waals surface area (Å²) in [5, 5.41) is 0. The Labute approximate surface area is 91.2 Å². The molecule has 0 saturated carbocycles. The maximum atomic E-state index is 11.2. The van der Waals surface area contributed by atoms with Gasteiger partial charge in [0.05, 0.1) is 0 Å². The van der Waals surface area contributed by atoms with E-state index in [4.69, 9.17) is 0 Å². The van der Waals surface area contributed by atoms with Crippen LogP contribution in [0.3, 0.4) is 0 Å². The Morgan fingerprint density at radius 1 is 0.600 bits per heavy atom. The molecule has 0 atom stereocenters. The molecule has 1 saturated heterocycles. The van der Waals surface area contributed by atoms with Crippen LogP contribution < -0.4 is 0 Å². The first-order chi connectivity index (χ1) is 7.29. The first-order valence-electron chi connectivity index (χ1n) is 6.02. The van der Waals surface area contributed by atoms with Crippen LogP contribution in [0.25, 0.3) is 0 Å². The smallest absolute Gasteiger partial charge is 0.313 e. The highest BCUT2D eigenvalue weighted by molar-refractivity contribution is 5.85. The van der Waals surface area contributed by atoms with Crippen molar-refractivity contribution in [2.75, 3.05) is 0 Å². The van der Waals surface area contributed by atoms with E-state index in [9.17, 15) is 9.59 Å². The van der Waals surface area contributed by atoms with Crippen molar-refractivity contribution in [1.82, 2.24) is 0 Å². The molecule has 1 aliphatic heterocycles. The van der Waals surface area contributed by atoms with Crippen molar-refractivity contribution in [2.24, 2.45) is 0 Å². The SMILES string of the molecule is O=C1CCCCCCCCCCC(=O)O1. The predicted octanol–water partition coefficient (Wildman–Crippen LogP) is 2.97. The van der Waals surface area contributed by atoms with E-state index in [1.54, 1.807) is 0 Å². The number of esters is 2. The minimum atomic E-state index is -0.348. The molecule has 0 aliphatic carbocycles. The molecule has 0 amide bonds. The fraction of sp³-hybridized carbons (Fsp3) is 0.833. The molecule has 1 rings (SSSR count). The Hall–Kier alpha value is -0.860. The molecule has 15 heavy (non-hydrogen) atoms. The number of ether oxygens (including phenoxy) is 1. The molecule has 0 N–H and O–H groups in total. The summed E-state index contributed by atoms with van der Waals surface area (Å²) in [5.41, 5.74) is 0. The predicted molar refractivity (Wildman–Crippen MR) is 57.3 cm³/mol. The van der Waals surface area contributed by atoms with Gasteiger partial charge in [0.1, 0.15) is 0 Å². The number of cyclic esters (lactones) is 2. The lowest BCUT2D eigenvalue weighted by molar-refractivity contribution is -0.159. The Balaban J connectivity index is 2.29. The van der Waals surface area contributed by atoms with Gasteiger partial charge in [-0.05, 0) is 12.8 Å². The summed E-state index contributed by atoms with van der Waals surface area (Å²) < 4.78 is 4.69. The van der Waals surface area contributed by atoms with Crippen molar-refractivity contribution in [3.63, 3.8) is 0 Å². The van der Waals surface area contributed by atoms with Crippen LogP contribution in [0.5, 0.6) is 0 Å². The second-order valence-electron chi connectivity index (χ2n) is 4.17. The summed E-state index contributed by atoms with van der Waals surface area (Å²) in [6.45, 7) is 0. The fourth-order valence-electron chi connectivity index (χ4n) is 1.83. The van der Waals surface area contributed by atoms with Crippen LogP contribution >= 0.6 is 0 Å². The summed E-state index contributed by atoms with van der Waals surface area (Å²) in [7, 11) is 0. The third kappa shape index (κ3) is 6.26. The molecular weight excluding hydrogens is 192 g/mol. The normalized spacial score (nSPS) is 22.1. The molecule has 0 spiro atoms. The van der Waals surface area contributed by atoms with Gasteiger partial charge in [0.15, 0.2) is 0 Å². The molecule has 0 radical (unpaired) electrons. The number of carbonyl (C=O) groups excluding carboxylic acids is 2. The third-order valence-electron chi connectivity index (χ3n) is 2.74. The van der Waals surface area contributed by atoms with E-state index in [0.29, 0.717) is 12.8 Å². The minimum Gasteiger partial charge on any atom is -0.393 e. The Morgan fingerprint density at radius 3 is 1.33 bits per heavy atom. The van der Waals surface area contributed by atoms with Gasteiger partial charge in [-0.3, -0.25) is 9.59 Å². The molecule has 1 fully saturated rings. The Kier molecular flexibility index (Phi) is 6.05. The molecular formula is C12H20O3. The molecule has 3 heteroatoms. The van der Waals surface area contributed by atoms with Crippen LogP contribution in [-0.2, 0) is 14.3 Å². The molecule has 0 bridgehead atoms. The van der Waals surface area contributed by atoms with E-state index < -0.39 is 0 Å². The van der Waals surface area contributed by atoms with Crippen molar-refractivity contribution in [1.29, 1.82) is 0 Å². The van der Waals surface area contributed by atoms with E-state index >= 15 is 0 Å². The fourth-order valence-corrected chi connectivity index (χ4v) is 1.83. The number of hydrogen-bond donors (Lipinski definition) is 0. The number of hydrogen-bond acceptors (Lipinski definition) is 3.